The van der Waals surface area contributed by atoms with Gasteiger partial charge in [0.15, 0.2) is 17.9 Å². The van der Waals surface area contributed by atoms with E-state index in [1.54, 1.807) is 30.9 Å². The number of likely N-dealkylation sites (N-methyl/N-ethyl adjacent to an activating group) is 1. The summed E-state index contributed by atoms with van der Waals surface area (Å²) in [5, 5.41) is 1.85. The number of carbonyl (C=O) groups is 1. The molecule has 5 rings (SSSR count). The van der Waals surface area contributed by atoms with Crippen LogP contribution >= 0.6 is 0 Å². The highest BCUT2D eigenvalue weighted by Crippen LogP contribution is 2.22. The molecule has 5 heterocycles. The molecule has 0 radical (unpaired) electrons. The Kier molecular flexibility index (Phi) is 5.13. The van der Waals surface area contributed by atoms with E-state index in [4.69, 9.17) is 4.42 Å². The summed E-state index contributed by atoms with van der Waals surface area (Å²) in [6.45, 7) is 3.81. The van der Waals surface area contributed by atoms with Crippen LogP contribution < -0.4 is 4.90 Å². The van der Waals surface area contributed by atoms with Gasteiger partial charge in [0, 0.05) is 61.4 Å². The Bertz CT molecular complexity index is 1220. The average Bonchev–Trinajstić information content (AvgIpc) is 3.34. The molecule has 0 spiro atoms. The second-order valence-corrected chi connectivity index (χ2v) is 7.75. The number of aromatic nitrogens is 4. The van der Waals surface area contributed by atoms with Gasteiger partial charge in [0.1, 0.15) is 11.5 Å². The third kappa shape index (κ3) is 4.15. The van der Waals surface area contributed by atoms with Crippen molar-refractivity contribution in [3.8, 4) is 11.5 Å². The van der Waals surface area contributed by atoms with Crippen molar-refractivity contribution in [1.82, 2.24) is 24.8 Å². The van der Waals surface area contributed by atoms with Gasteiger partial charge in [-0.3, -0.25) is 14.8 Å². The van der Waals surface area contributed by atoms with E-state index in [1.807, 2.05) is 18.2 Å². The summed E-state index contributed by atoms with van der Waals surface area (Å²) in [5.74, 6) is 1.48. The van der Waals surface area contributed by atoms with Crippen LogP contribution in [0, 0.1) is 0 Å². The molecule has 0 unspecified atom stereocenters. The van der Waals surface area contributed by atoms with E-state index in [0.29, 0.717) is 22.7 Å². The third-order valence-electron chi connectivity index (χ3n) is 5.58. The van der Waals surface area contributed by atoms with Crippen LogP contribution in [0.5, 0.6) is 0 Å². The minimum absolute atomic E-state index is 0.0224. The molecule has 0 amide bonds. The molecular formula is C23H22N6O2. The Morgan fingerprint density at radius 3 is 2.65 bits per heavy atom. The van der Waals surface area contributed by atoms with Gasteiger partial charge in [-0.15, -0.1) is 0 Å². The summed E-state index contributed by atoms with van der Waals surface area (Å²) in [5.41, 5.74) is 2.06. The van der Waals surface area contributed by atoms with Crippen LogP contribution in [-0.4, -0.2) is 63.8 Å². The van der Waals surface area contributed by atoms with Gasteiger partial charge in [-0.1, -0.05) is 0 Å². The molecule has 1 saturated heterocycles. The van der Waals surface area contributed by atoms with Crippen molar-refractivity contribution in [2.45, 2.75) is 6.42 Å². The zero-order valence-electron chi connectivity index (χ0n) is 17.2. The number of rotatable bonds is 5. The summed E-state index contributed by atoms with van der Waals surface area (Å²) >= 11 is 0. The van der Waals surface area contributed by atoms with Crippen molar-refractivity contribution < 1.29 is 9.21 Å². The summed E-state index contributed by atoms with van der Waals surface area (Å²) in [6, 6.07) is 7.51. The second-order valence-electron chi connectivity index (χ2n) is 7.75. The molecule has 0 saturated carbocycles. The number of Topliss-reactive ketones (excluding diaryl/α,β-unsaturated/α-hetero) is 1. The molecule has 1 aliphatic heterocycles. The second kappa shape index (κ2) is 8.23. The number of oxazole rings is 1. The fourth-order valence-corrected chi connectivity index (χ4v) is 3.72. The minimum atomic E-state index is 0.0224. The van der Waals surface area contributed by atoms with Gasteiger partial charge in [-0.2, -0.15) is 0 Å². The first kappa shape index (κ1) is 19.3. The maximum absolute atomic E-state index is 13.0. The fraction of sp³-hybridized carbons (Fsp3) is 0.261. The molecule has 4 aromatic heterocycles. The molecular weight excluding hydrogens is 392 g/mol. The molecule has 0 aromatic carbocycles. The third-order valence-corrected chi connectivity index (χ3v) is 5.58. The summed E-state index contributed by atoms with van der Waals surface area (Å²) < 4.78 is 5.33. The van der Waals surface area contributed by atoms with Gasteiger partial charge < -0.3 is 14.2 Å². The number of hydrogen-bond acceptors (Lipinski definition) is 8. The first-order valence-corrected chi connectivity index (χ1v) is 10.2. The number of hydrogen-bond donors (Lipinski definition) is 0. The van der Waals surface area contributed by atoms with Gasteiger partial charge in [0.25, 0.3) is 0 Å². The SMILES string of the molecule is CN1CCN(c2cc(C(=O)Cc3cc4cc(-c5cnco5)ncc4cn3)ccn2)CC1. The van der Waals surface area contributed by atoms with Crippen molar-refractivity contribution in [3.63, 3.8) is 0 Å². The average molecular weight is 414 g/mol. The van der Waals surface area contributed by atoms with Crippen molar-refractivity contribution in [2.75, 3.05) is 38.1 Å². The number of ketones is 1. The van der Waals surface area contributed by atoms with Crippen molar-refractivity contribution >= 4 is 22.4 Å². The Labute approximate surface area is 179 Å². The van der Waals surface area contributed by atoms with Crippen molar-refractivity contribution in [3.05, 3.63) is 66.7 Å². The van der Waals surface area contributed by atoms with E-state index in [2.05, 4.69) is 36.8 Å². The summed E-state index contributed by atoms with van der Waals surface area (Å²) in [6.07, 6.45) is 8.44. The Morgan fingerprint density at radius 2 is 1.84 bits per heavy atom. The Balaban J connectivity index is 1.35. The molecule has 8 nitrogen and oxygen atoms in total. The minimum Gasteiger partial charge on any atom is -0.442 e. The Hall–Kier alpha value is -3.65. The largest absolute Gasteiger partial charge is 0.442 e. The summed E-state index contributed by atoms with van der Waals surface area (Å²) in [7, 11) is 2.12. The maximum atomic E-state index is 13.0. The van der Waals surface area contributed by atoms with Gasteiger partial charge in [-0.05, 0) is 36.7 Å². The van der Waals surface area contributed by atoms with E-state index in [-0.39, 0.29) is 12.2 Å². The van der Waals surface area contributed by atoms with Gasteiger partial charge in [-0.25, -0.2) is 9.97 Å². The summed E-state index contributed by atoms with van der Waals surface area (Å²) in [4.78, 5) is 34.7. The molecule has 4 aromatic rings. The zero-order chi connectivity index (χ0) is 21.2. The molecule has 0 N–H and O–H groups in total. The van der Waals surface area contributed by atoms with Crippen molar-refractivity contribution in [1.29, 1.82) is 0 Å². The predicted molar refractivity (Wildman–Crippen MR) is 117 cm³/mol. The molecule has 156 valence electrons. The smallest absolute Gasteiger partial charge is 0.181 e. The highest BCUT2D eigenvalue weighted by Gasteiger charge is 2.17. The zero-order valence-corrected chi connectivity index (χ0v) is 17.2. The first-order valence-electron chi connectivity index (χ1n) is 10.2. The quantitative estimate of drug-likeness (QED) is 0.461. The number of pyridine rings is 3. The van der Waals surface area contributed by atoms with Gasteiger partial charge in [0.2, 0.25) is 0 Å². The van der Waals surface area contributed by atoms with Crippen LogP contribution in [-0.2, 0) is 6.42 Å². The molecule has 1 aliphatic rings. The Morgan fingerprint density at radius 1 is 1.00 bits per heavy atom. The van der Waals surface area contributed by atoms with E-state index in [1.165, 1.54) is 6.39 Å². The van der Waals surface area contributed by atoms with E-state index < -0.39 is 0 Å². The molecule has 1 fully saturated rings. The first-order chi connectivity index (χ1) is 15.2. The van der Waals surface area contributed by atoms with E-state index in [0.717, 1.165) is 42.8 Å². The lowest BCUT2D eigenvalue weighted by molar-refractivity contribution is 0.0992. The lowest BCUT2D eigenvalue weighted by atomic mass is 10.1. The molecule has 8 heteroatoms. The van der Waals surface area contributed by atoms with Gasteiger partial charge >= 0.3 is 0 Å². The number of piperazine rings is 1. The standard InChI is InChI=1S/C23H22N6O2/c1-28-4-6-29(7-5-28)23-10-16(2-3-25-23)21(30)11-19-8-17-9-20(22-14-24-15-31-22)27-13-18(17)12-26-19/h2-3,8-10,12-15H,4-7,11H2,1H3. The monoisotopic (exact) mass is 414 g/mol. The van der Waals surface area contributed by atoms with Crippen molar-refractivity contribution in [2.24, 2.45) is 0 Å². The van der Waals surface area contributed by atoms with Crippen LogP contribution in [0.15, 0.2) is 59.9 Å². The van der Waals surface area contributed by atoms with E-state index in [9.17, 15) is 4.79 Å². The lowest BCUT2D eigenvalue weighted by Crippen LogP contribution is -2.44. The van der Waals surface area contributed by atoms with Crippen LogP contribution in [0.4, 0.5) is 5.82 Å². The number of nitrogens with zero attached hydrogens (tertiary/aromatic N) is 6. The van der Waals surface area contributed by atoms with Gasteiger partial charge in [0.05, 0.1) is 12.6 Å². The molecule has 31 heavy (non-hydrogen) atoms. The van der Waals surface area contributed by atoms with Crippen LogP contribution in [0.3, 0.4) is 0 Å². The molecule has 0 bridgehead atoms. The number of anilines is 1. The van der Waals surface area contributed by atoms with Crippen LogP contribution in [0.2, 0.25) is 0 Å². The highest BCUT2D eigenvalue weighted by molar-refractivity contribution is 5.98. The van der Waals surface area contributed by atoms with Crippen LogP contribution in [0.25, 0.3) is 22.2 Å². The fourth-order valence-electron chi connectivity index (χ4n) is 3.72. The normalized spacial score (nSPS) is 14.8. The predicted octanol–water partition coefficient (Wildman–Crippen LogP) is 2.86. The highest BCUT2D eigenvalue weighted by atomic mass is 16.3. The number of carbonyl (C=O) groups excluding carboxylic acids is 1. The lowest BCUT2D eigenvalue weighted by Gasteiger charge is -2.33. The molecule has 0 atom stereocenters. The number of fused-ring (bicyclic) bond motifs is 1. The van der Waals surface area contributed by atoms with E-state index >= 15 is 0 Å². The molecule has 0 aliphatic carbocycles. The maximum Gasteiger partial charge on any atom is 0.181 e. The van der Waals surface area contributed by atoms with Crippen LogP contribution in [0.1, 0.15) is 16.1 Å². The topological polar surface area (TPSA) is 88.2 Å².